The van der Waals surface area contributed by atoms with Crippen molar-refractivity contribution >= 4 is 27.4 Å². The third-order valence-corrected chi connectivity index (χ3v) is 3.89. The van der Waals surface area contributed by atoms with Crippen LogP contribution in [0.15, 0.2) is 18.2 Å². The maximum Gasteiger partial charge on any atom is 0.305 e. The van der Waals surface area contributed by atoms with Crippen LogP contribution < -0.4 is 10.5 Å². The van der Waals surface area contributed by atoms with Gasteiger partial charge in [-0.05, 0) is 37.1 Å². The summed E-state index contributed by atoms with van der Waals surface area (Å²) >= 11 is 0. The number of rotatable bonds is 6. The number of ether oxygens (including phenoxy) is 1. The maximum atomic E-state index is 11.8. The zero-order chi connectivity index (χ0) is 14.5. The molecule has 0 aromatic heterocycles. The predicted molar refractivity (Wildman–Crippen MR) is 74.3 cm³/mol. The zero-order valence-electron chi connectivity index (χ0n) is 11.0. The molecule has 0 aliphatic carbocycles. The smallest absolute Gasteiger partial charge is 0.305 e. The van der Waals surface area contributed by atoms with Crippen molar-refractivity contribution < 1.29 is 17.9 Å². The van der Waals surface area contributed by atoms with Crippen LogP contribution in [0, 0.1) is 6.92 Å². The molecule has 0 heterocycles. The van der Waals surface area contributed by atoms with E-state index in [0.717, 1.165) is 5.56 Å². The van der Waals surface area contributed by atoms with Gasteiger partial charge in [-0.3, -0.25) is 9.52 Å². The highest BCUT2D eigenvalue weighted by Gasteiger charge is 2.13. The quantitative estimate of drug-likeness (QED) is 0.606. The number of nitrogen functional groups attached to an aromatic ring is 1. The third kappa shape index (κ3) is 5.17. The lowest BCUT2D eigenvalue weighted by molar-refractivity contribution is -0.140. The molecular formula is C12H18N2O4S. The van der Waals surface area contributed by atoms with Crippen LogP contribution in [0.1, 0.15) is 18.4 Å². The van der Waals surface area contributed by atoms with Crippen LogP contribution in [0.2, 0.25) is 0 Å². The topological polar surface area (TPSA) is 98.5 Å². The van der Waals surface area contributed by atoms with Crippen LogP contribution in [0.5, 0.6) is 0 Å². The van der Waals surface area contributed by atoms with Gasteiger partial charge in [0.2, 0.25) is 10.0 Å². The molecule has 0 aliphatic rings. The minimum absolute atomic E-state index is 0.0815. The lowest BCUT2D eigenvalue weighted by Crippen LogP contribution is -2.18. The van der Waals surface area contributed by atoms with Gasteiger partial charge in [0.25, 0.3) is 0 Å². The van der Waals surface area contributed by atoms with Gasteiger partial charge >= 0.3 is 5.97 Å². The van der Waals surface area contributed by atoms with Gasteiger partial charge in [-0.1, -0.05) is 0 Å². The Morgan fingerprint density at radius 3 is 2.68 bits per heavy atom. The van der Waals surface area contributed by atoms with Crippen LogP contribution >= 0.6 is 0 Å². The number of anilines is 2. The molecule has 0 saturated heterocycles. The highest BCUT2D eigenvalue weighted by atomic mass is 32.2. The molecule has 106 valence electrons. The van der Waals surface area contributed by atoms with E-state index in [9.17, 15) is 13.2 Å². The first-order chi connectivity index (χ1) is 8.84. The number of esters is 1. The van der Waals surface area contributed by atoms with Crippen molar-refractivity contribution in [1.82, 2.24) is 0 Å². The molecule has 7 heteroatoms. The van der Waals surface area contributed by atoms with E-state index in [1.54, 1.807) is 25.1 Å². The molecule has 1 aromatic carbocycles. The van der Waals surface area contributed by atoms with Gasteiger partial charge in [0.1, 0.15) is 0 Å². The van der Waals surface area contributed by atoms with Gasteiger partial charge in [-0.2, -0.15) is 0 Å². The number of methoxy groups -OCH3 is 1. The van der Waals surface area contributed by atoms with Crippen molar-refractivity contribution in [3.63, 3.8) is 0 Å². The molecule has 0 amide bonds. The average molecular weight is 286 g/mol. The van der Waals surface area contributed by atoms with E-state index >= 15 is 0 Å². The molecule has 6 nitrogen and oxygen atoms in total. The lowest BCUT2D eigenvalue weighted by atomic mass is 10.2. The molecule has 0 radical (unpaired) electrons. The summed E-state index contributed by atoms with van der Waals surface area (Å²) in [5.74, 6) is -0.551. The molecule has 0 bridgehead atoms. The van der Waals surface area contributed by atoms with Crippen LogP contribution in [0.25, 0.3) is 0 Å². The molecule has 0 fully saturated rings. The molecule has 19 heavy (non-hydrogen) atoms. The fourth-order valence-corrected chi connectivity index (χ4v) is 2.72. The first-order valence-electron chi connectivity index (χ1n) is 5.77. The molecule has 3 N–H and O–H groups in total. The predicted octanol–water partition coefficient (Wildman–Crippen LogP) is 1.27. The van der Waals surface area contributed by atoms with E-state index in [-0.39, 0.29) is 18.6 Å². The number of nitrogens with one attached hydrogen (secondary N) is 1. The second-order valence-electron chi connectivity index (χ2n) is 4.17. The molecule has 0 saturated carbocycles. The van der Waals surface area contributed by atoms with Crippen molar-refractivity contribution in [2.75, 3.05) is 23.3 Å². The van der Waals surface area contributed by atoms with E-state index < -0.39 is 16.0 Å². The van der Waals surface area contributed by atoms with E-state index in [1.165, 1.54) is 7.11 Å². The first-order valence-corrected chi connectivity index (χ1v) is 7.43. The Morgan fingerprint density at radius 1 is 1.42 bits per heavy atom. The summed E-state index contributed by atoms with van der Waals surface area (Å²) in [4.78, 5) is 10.9. The molecular weight excluding hydrogens is 268 g/mol. The highest BCUT2D eigenvalue weighted by molar-refractivity contribution is 7.92. The van der Waals surface area contributed by atoms with Gasteiger partial charge in [0.15, 0.2) is 0 Å². The zero-order valence-corrected chi connectivity index (χ0v) is 11.8. The summed E-state index contributed by atoms with van der Waals surface area (Å²) in [6.45, 7) is 1.77. The number of hydrogen-bond acceptors (Lipinski definition) is 5. The highest BCUT2D eigenvalue weighted by Crippen LogP contribution is 2.19. The van der Waals surface area contributed by atoms with Gasteiger partial charge < -0.3 is 10.5 Å². The average Bonchev–Trinajstić information content (AvgIpc) is 2.32. The van der Waals surface area contributed by atoms with Crippen LogP contribution in [-0.4, -0.2) is 27.2 Å². The Kier molecular flexibility index (Phi) is 5.17. The van der Waals surface area contributed by atoms with Crippen LogP contribution in [-0.2, 0) is 19.6 Å². The fourth-order valence-electron chi connectivity index (χ4n) is 1.53. The first kappa shape index (κ1) is 15.3. The minimum Gasteiger partial charge on any atom is -0.469 e. The summed E-state index contributed by atoms with van der Waals surface area (Å²) in [6.07, 6.45) is 0.300. The molecule has 0 atom stereocenters. The molecule has 1 aromatic rings. The van der Waals surface area contributed by atoms with Crippen LogP contribution in [0.3, 0.4) is 0 Å². The number of carbonyl (C=O) groups excluding carboxylic acids is 1. The number of aryl methyl sites for hydroxylation is 1. The number of sulfonamides is 1. The Labute approximate surface area is 113 Å². The summed E-state index contributed by atoms with van der Waals surface area (Å²) in [5.41, 5.74) is 7.41. The van der Waals surface area contributed by atoms with Gasteiger partial charge in [0, 0.05) is 12.1 Å². The number of benzene rings is 1. The Bertz CT molecular complexity index is 555. The van der Waals surface area contributed by atoms with Crippen molar-refractivity contribution in [2.45, 2.75) is 19.8 Å². The second kappa shape index (κ2) is 6.42. The number of carbonyl (C=O) groups is 1. The van der Waals surface area contributed by atoms with Gasteiger partial charge in [0.05, 0.1) is 18.6 Å². The van der Waals surface area contributed by atoms with Gasteiger partial charge in [-0.15, -0.1) is 0 Å². The normalized spacial score (nSPS) is 11.1. The van der Waals surface area contributed by atoms with Crippen molar-refractivity contribution in [3.05, 3.63) is 23.8 Å². The third-order valence-electron chi connectivity index (χ3n) is 2.54. The standard InChI is InChI=1S/C12H18N2O4S/c1-9-8-10(13)5-6-11(9)14-19(16,17)7-3-4-12(15)18-2/h5-6,8,14H,3-4,7,13H2,1-2H3. The van der Waals surface area contributed by atoms with Crippen LogP contribution in [0.4, 0.5) is 11.4 Å². The molecule has 0 aliphatic heterocycles. The second-order valence-corrected chi connectivity index (χ2v) is 6.02. The summed E-state index contributed by atoms with van der Waals surface area (Å²) in [7, 11) is -2.20. The summed E-state index contributed by atoms with van der Waals surface area (Å²) < 4.78 is 30.5. The Hall–Kier alpha value is -1.76. The summed E-state index contributed by atoms with van der Waals surface area (Å²) in [6, 6.07) is 4.92. The largest absolute Gasteiger partial charge is 0.469 e. The lowest BCUT2D eigenvalue weighted by Gasteiger charge is -2.10. The van der Waals surface area contributed by atoms with E-state index in [4.69, 9.17) is 5.73 Å². The Morgan fingerprint density at radius 2 is 2.11 bits per heavy atom. The number of hydrogen-bond donors (Lipinski definition) is 2. The molecule has 1 rings (SSSR count). The Balaban J connectivity index is 2.61. The SMILES string of the molecule is COC(=O)CCCS(=O)(=O)Nc1ccc(N)cc1C. The summed E-state index contributed by atoms with van der Waals surface area (Å²) in [5, 5.41) is 0. The van der Waals surface area contributed by atoms with Crippen molar-refractivity contribution in [1.29, 1.82) is 0 Å². The molecule has 0 unspecified atom stereocenters. The van der Waals surface area contributed by atoms with E-state index in [1.807, 2.05) is 0 Å². The fraction of sp³-hybridized carbons (Fsp3) is 0.417. The van der Waals surface area contributed by atoms with E-state index in [2.05, 4.69) is 9.46 Å². The van der Waals surface area contributed by atoms with Gasteiger partial charge in [-0.25, -0.2) is 8.42 Å². The maximum absolute atomic E-state index is 11.8. The van der Waals surface area contributed by atoms with Crippen molar-refractivity contribution in [3.8, 4) is 0 Å². The minimum atomic E-state index is -3.47. The number of nitrogens with two attached hydrogens (primary N) is 1. The van der Waals surface area contributed by atoms with E-state index in [0.29, 0.717) is 11.4 Å². The molecule has 0 spiro atoms. The van der Waals surface area contributed by atoms with Crippen molar-refractivity contribution in [2.24, 2.45) is 0 Å². The monoisotopic (exact) mass is 286 g/mol.